The van der Waals surface area contributed by atoms with Crippen LogP contribution in [0.3, 0.4) is 0 Å². The minimum atomic E-state index is -4.92. The van der Waals surface area contributed by atoms with Crippen molar-refractivity contribution < 1.29 is 46.8 Å². The molecule has 7 atom stereocenters. The molecule has 0 radical (unpaired) electrons. The fourth-order valence-corrected chi connectivity index (χ4v) is 10.3. The number of hydrogen-bond donors (Lipinski definition) is 6. The first kappa shape index (κ1) is 46.5. The van der Waals surface area contributed by atoms with Crippen LogP contribution in [0.1, 0.15) is 75.1 Å². The second-order valence-corrected chi connectivity index (χ2v) is 18.3. The van der Waals surface area contributed by atoms with Crippen molar-refractivity contribution in [2.45, 2.75) is 99.4 Å². The molecule has 63 heavy (non-hydrogen) atoms. The summed E-state index contributed by atoms with van der Waals surface area (Å²) in [5.41, 5.74) is 26.7. The fraction of sp³-hybridized carbons (Fsp3) is 0.386. The lowest BCUT2D eigenvalue weighted by molar-refractivity contribution is -0.466. The molecule has 0 saturated carbocycles. The van der Waals surface area contributed by atoms with Gasteiger partial charge in [0.15, 0.2) is 11.5 Å². The number of hydrogen-bond acceptors (Lipinski definition) is 15. The summed E-state index contributed by atoms with van der Waals surface area (Å²) in [6.45, 7) is 6.29. The molecule has 6 rings (SSSR count). The zero-order valence-electron chi connectivity index (χ0n) is 35.5. The molecule has 0 aliphatic carbocycles. The molecule has 4 aromatic carbocycles. The number of esters is 1. The molecular weight excluding hydrogens is 833 g/mol. The smallest absolute Gasteiger partial charge is 0.355 e. The number of rotatable bonds is 10. The second kappa shape index (κ2) is 18.4. The number of ether oxygens (including phenoxy) is 1. The van der Waals surface area contributed by atoms with E-state index in [-0.39, 0.29) is 53.2 Å². The molecule has 0 aromatic heterocycles. The lowest BCUT2D eigenvalue weighted by atomic mass is 9.56. The van der Waals surface area contributed by atoms with Crippen molar-refractivity contribution in [2.75, 3.05) is 6.54 Å². The third kappa shape index (κ3) is 9.39. The number of carbonyl (C=O) groups is 4. The van der Waals surface area contributed by atoms with Crippen molar-refractivity contribution in [1.29, 1.82) is 0 Å². The number of nitrogens with two attached hydrogens (primary N) is 5. The van der Waals surface area contributed by atoms with Crippen LogP contribution < -0.4 is 33.4 Å². The molecule has 19 heteroatoms. The lowest BCUT2D eigenvalue weighted by Gasteiger charge is -2.54. The summed E-state index contributed by atoms with van der Waals surface area (Å²) in [5, 5.41) is 0.727. The number of guanidine groups is 1. The maximum absolute atomic E-state index is 15.9. The fourth-order valence-electron chi connectivity index (χ4n) is 8.57. The highest BCUT2D eigenvalue weighted by Gasteiger charge is 2.68. The van der Waals surface area contributed by atoms with Gasteiger partial charge in [0.1, 0.15) is 17.7 Å². The Balaban J connectivity index is 1.89. The van der Waals surface area contributed by atoms with Crippen molar-refractivity contribution in [1.82, 2.24) is 10.1 Å². The number of nitrogens with zero attached hydrogens (tertiary/aromatic N) is 2. The molecule has 7 unspecified atom stereocenters. The largest absolute Gasteiger partial charge is 0.460 e. The Kier molecular flexibility index (Phi) is 13.6. The van der Waals surface area contributed by atoms with Crippen LogP contribution in [-0.4, -0.2) is 73.4 Å². The van der Waals surface area contributed by atoms with Gasteiger partial charge in [0.2, 0.25) is 15.4 Å². The molecule has 2 aliphatic heterocycles. The van der Waals surface area contributed by atoms with Crippen LogP contribution in [0, 0.1) is 5.92 Å². The highest BCUT2D eigenvalue weighted by Crippen LogP contribution is 2.54. The van der Waals surface area contributed by atoms with E-state index in [0.717, 1.165) is 0 Å². The van der Waals surface area contributed by atoms with Gasteiger partial charge < -0.3 is 33.4 Å². The average molecular weight is 887 g/mol. The maximum atomic E-state index is 15.9. The van der Waals surface area contributed by atoms with Gasteiger partial charge >= 0.3 is 23.9 Å². The minimum Gasteiger partial charge on any atom is -0.460 e. The summed E-state index contributed by atoms with van der Waals surface area (Å²) in [6, 6.07) is 21.7. The van der Waals surface area contributed by atoms with E-state index in [1.165, 1.54) is 6.07 Å². The van der Waals surface area contributed by atoms with Gasteiger partial charge in [-0.25, -0.2) is 22.8 Å². The SMILES string of the molecule is CCCC1c2ccccc2CC(N)C(=O)ON2OC(=O)C(N)Cc3ccccc3C1(NS(=O)(=O)c1cccc3ccccc13)C(N)(C(CCN=C(N)N)C(=O)OC(C)(C)C)C(=O)O2. The van der Waals surface area contributed by atoms with Crippen LogP contribution in [0.15, 0.2) is 101 Å². The molecule has 2 heterocycles. The Morgan fingerprint density at radius 1 is 0.873 bits per heavy atom. The van der Waals surface area contributed by atoms with E-state index in [1.807, 2.05) is 6.92 Å². The van der Waals surface area contributed by atoms with Crippen LogP contribution in [0.5, 0.6) is 0 Å². The Morgan fingerprint density at radius 2 is 1.46 bits per heavy atom. The van der Waals surface area contributed by atoms with Gasteiger partial charge in [0, 0.05) is 17.8 Å². The third-order valence-electron chi connectivity index (χ3n) is 11.2. The summed E-state index contributed by atoms with van der Waals surface area (Å²) >= 11 is 0. The number of carbonyl (C=O) groups excluding carboxylic acids is 4. The van der Waals surface area contributed by atoms with E-state index in [1.54, 1.807) is 106 Å². The first-order valence-corrected chi connectivity index (χ1v) is 21.9. The van der Waals surface area contributed by atoms with E-state index in [9.17, 15) is 9.59 Å². The quantitative estimate of drug-likeness (QED) is 0.0757. The average Bonchev–Trinajstić information content (AvgIpc) is 3.22. The number of fused-ring (bicyclic) bond motifs is 8. The predicted molar refractivity (Wildman–Crippen MR) is 232 cm³/mol. The van der Waals surface area contributed by atoms with Crippen molar-refractivity contribution in [3.63, 3.8) is 0 Å². The zero-order chi connectivity index (χ0) is 45.9. The van der Waals surface area contributed by atoms with Gasteiger partial charge in [0.25, 0.3) is 0 Å². The molecule has 336 valence electrons. The summed E-state index contributed by atoms with van der Waals surface area (Å²) in [6.07, 6.45) is -0.630. The predicted octanol–water partition coefficient (Wildman–Crippen LogP) is 2.36. The monoisotopic (exact) mass is 886 g/mol. The van der Waals surface area contributed by atoms with Crippen LogP contribution in [-0.2, 0) is 66.8 Å². The highest BCUT2D eigenvalue weighted by molar-refractivity contribution is 7.89. The minimum absolute atomic E-state index is 0.0481. The molecule has 2 bridgehead atoms. The molecule has 0 saturated heterocycles. The van der Waals surface area contributed by atoms with Gasteiger partial charge in [0.05, 0.1) is 16.4 Å². The molecular formula is C44H54N8O10S. The summed E-state index contributed by atoms with van der Waals surface area (Å²) in [7, 11) is -4.92. The van der Waals surface area contributed by atoms with Gasteiger partial charge in [-0.3, -0.25) is 24.3 Å². The van der Waals surface area contributed by atoms with Crippen molar-refractivity contribution in [2.24, 2.45) is 39.6 Å². The molecule has 0 amide bonds. The lowest BCUT2D eigenvalue weighted by Crippen LogP contribution is -2.77. The van der Waals surface area contributed by atoms with E-state index >= 15 is 18.0 Å². The normalized spacial score (nSPS) is 24.8. The number of aliphatic imine (C=N–C) groups is 1. The molecule has 11 N–H and O–H groups in total. The van der Waals surface area contributed by atoms with Gasteiger partial charge in [-0.15, -0.1) is 0 Å². The zero-order valence-corrected chi connectivity index (χ0v) is 36.3. The van der Waals surface area contributed by atoms with Gasteiger partial charge in [-0.05, 0) is 80.2 Å². The summed E-state index contributed by atoms with van der Waals surface area (Å²) in [4.78, 5) is 78.7. The first-order chi connectivity index (χ1) is 29.7. The standard InChI is InChI=1S/C44H54N8O10S/c1-5-13-32-29-18-9-7-15-27(29)24-34(45)38(54)60-52-61-39(55)35(46)25-28-16-8-11-20-31(28)44(32,51-63(57,58)36-21-12-17-26-14-6-10-19-30(26)36)43(49,40(56)62-52)33(22-23-50-41(47)48)37(53)59-42(2,3)4/h6-12,14-21,32-35,51H,5,13,22-25,45-46,49H2,1-4H3,(H4,47,48,50). The Bertz CT molecular complexity index is 2520. The first-order valence-electron chi connectivity index (χ1n) is 20.5. The van der Waals surface area contributed by atoms with E-state index < -0.39 is 80.9 Å². The molecule has 0 spiro atoms. The second-order valence-electron chi connectivity index (χ2n) is 16.7. The van der Waals surface area contributed by atoms with E-state index in [2.05, 4.69) is 9.71 Å². The van der Waals surface area contributed by atoms with Crippen molar-refractivity contribution in [3.05, 3.63) is 113 Å². The van der Waals surface area contributed by atoms with Crippen LogP contribution in [0.2, 0.25) is 0 Å². The van der Waals surface area contributed by atoms with Crippen molar-refractivity contribution >= 4 is 50.6 Å². The number of nitrogens with one attached hydrogen (secondary N) is 1. The van der Waals surface area contributed by atoms with Crippen molar-refractivity contribution in [3.8, 4) is 0 Å². The Labute approximate surface area is 365 Å². The Hall–Kier alpha value is -5.96. The summed E-state index contributed by atoms with van der Waals surface area (Å²) < 4.78 is 40.6. The Morgan fingerprint density at radius 3 is 2.11 bits per heavy atom. The van der Waals surface area contributed by atoms with E-state index in [0.29, 0.717) is 28.3 Å². The maximum Gasteiger partial charge on any atom is 0.355 e. The molecule has 4 aromatic rings. The number of benzene rings is 4. The summed E-state index contributed by atoms with van der Waals surface area (Å²) in [5.74, 6) is -8.63. The number of sulfonamides is 1. The molecule has 0 fully saturated rings. The van der Waals surface area contributed by atoms with Gasteiger partial charge in [-0.2, -0.15) is 4.72 Å². The van der Waals surface area contributed by atoms with Gasteiger partial charge in [-0.1, -0.05) is 98.3 Å². The van der Waals surface area contributed by atoms with Crippen LogP contribution in [0.25, 0.3) is 10.8 Å². The third-order valence-corrected chi connectivity index (χ3v) is 12.7. The topological polar surface area (TPSA) is 297 Å². The van der Waals surface area contributed by atoms with E-state index in [4.69, 9.17) is 47.9 Å². The highest BCUT2D eigenvalue weighted by atomic mass is 32.2. The molecule has 2 aliphatic rings. The molecule has 18 nitrogen and oxygen atoms in total. The van der Waals surface area contributed by atoms with Crippen LogP contribution in [0.4, 0.5) is 0 Å². The van der Waals surface area contributed by atoms with Crippen LogP contribution >= 0.6 is 0 Å².